The number of amides is 2. The van der Waals surface area contributed by atoms with Crippen LogP contribution >= 0.6 is 0 Å². The third-order valence-electron chi connectivity index (χ3n) is 3.00. The molecular weight excluding hydrogens is 182 g/mol. The van der Waals surface area contributed by atoms with Gasteiger partial charge in [0.15, 0.2) is 0 Å². The number of hydrogen-bond donors (Lipinski definition) is 1. The molecule has 2 saturated heterocycles. The van der Waals surface area contributed by atoms with Crippen LogP contribution in [-0.2, 0) is 9.59 Å². The number of rotatable bonds is 0. The molecule has 0 aromatic carbocycles. The fourth-order valence-electron chi connectivity index (χ4n) is 2.15. The average Bonchev–Trinajstić information content (AvgIpc) is 2.14. The van der Waals surface area contributed by atoms with Crippen LogP contribution in [-0.4, -0.2) is 53.8 Å². The molecule has 14 heavy (non-hydrogen) atoms. The Morgan fingerprint density at radius 3 is 2.86 bits per heavy atom. The van der Waals surface area contributed by atoms with Crippen molar-refractivity contribution in [1.29, 1.82) is 0 Å². The van der Waals surface area contributed by atoms with Crippen molar-refractivity contribution >= 4 is 11.8 Å². The summed E-state index contributed by atoms with van der Waals surface area (Å²) in [4.78, 5) is 26.5. The molecule has 2 unspecified atom stereocenters. The van der Waals surface area contributed by atoms with Crippen LogP contribution in [0.1, 0.15) is 12.8 Å². The van der Waals surface area contributed by atoms with Gasteiger partial charge in [-0.25, -0.2) is 0 Å². The molecule has 0 aliphatic carbocycles. The molecule has 0 radical (unpaired) electrons. The van der Waals surface area contributed by atoms with Crippen molar-refractivity contribution in [2.45, 2.75) is 24.9 Å². The Labute approximate surface area is 82.8 Å². The lowest BCUT2D eigenvalue weighted by molar-refractivity contribution is -0.156. The van der Waals surface area contributed by atoms with Gasteiger partial charge in [-0.1, -0.05) is 0 Å². The zero-order valence-corrected chi connectivity index (χ0v) is 8.27. The molecule has 0 aromatic heterocycles. The molecule has 0 saturated carbocycles. The summed E-state index contributed by atoms with van der Waals surface area (Å²) in [5.74, 6) is 0.0729. The van der Waals surface area contributed by atoms with Gasteiger partial charge in [-0.15, -0.1) is 0 Å². The summed E-state index contributed by atoms with van der Waals surface area (Å²) in [7, 11) is 1.66. The largest absolute Gasteiger partial charge is 0.335 e. The van der Waals surface area contributed by atoms with Crippen LogP contribution in [0.3, 0.4) is 0 Å². The Morgan fingerprint density at radius 2 is 2.14 bits per heavy atom. The first-order valence-electron chi connectivity index (χ1n) is 4.89. The zero-order chi connectivity index (χ0) is 10.3. The Morgan fingerprint density at radius 1 is 1.43 bits per heavy atom. The van der Waals surface area contributed by atoms with E-state index in [0.717, 1.165) is 6.42 Å². The Balaban J connectivity index is 2.19. The SMILES string of the molecule is CN1CC(=O)N2CCC(N)CC2C1=O. The third kappa shape index (κ3) is 1.37. The zero-order valence-electron chi connectivity index (χ0n) is 8.27. The first-order chi connectivity index (χ1) is 6.59. The molecule has 0 aromatic rings. The van der Waals surface area contributed by atoms with E-state index in [-0.39, 0.29) is 30.4 Å². The van der Waals surface area contributed by atoms with E-state index >= 15 is 0 Å². The molecule has 5 heteroatoms. The summed E-state index contributed by atoms with van der Waals surface area (Å²) < 4.78 is 0. The molecule has 2 aliphatic heterocycles. The van der Waals surface area contributed by atoms with E-state index in [0.29, 0.717) is 13.0 Å². The fourth-order valence-corrected chi connectivity index (χ4v) is 2.15. The lowest BCUT2D eigenvalue weighted by Gasteiger charge is -2.43. The molecule has 0 spiro atoms. The molecule has 2 heterocycles. The number of likely N-dealkylation sites (N-methyl/N-ethyl adjacent to an activating group) is 1. The average molecular weight is 197 g/mol. The van der Waals surface area contributed by atoms with E-state index in [1.54, 1.807) is 11.9 Å². The smallest absolute Gasteiger partial charge is 0.245 e. The monoisotopic (exact) mass is 197 g/mol. The van der Waals surface area contributed by atoms with Crippen LogP contribution in [0.15, 0.2) is 0 Å². The molecule has 78 valence electrons. The number of fused-ring (bicyclic) bond motifs is 1. The molecule has 2 atom stereocenters. The van der Waals surface area contributed by atoms with E-state index in [2.05, 4.69) is 0 Å². The number of carbonyl (C=O) groups is 2. The molecule has 2 amide bonds. The maximum Gasteiger partial charge on any atom is 0.245 e. The second-order valence-electron chi connectivity index (χ2n) is 4.08. The second kappa shape index (κ2) is 3.24. The Kier molecular flexibility index (Phi) is 2.19. The Bertz CT molecular complexity index is 279. The van der Waals surface area contributed by atoms with Crippen molar-refractivity contribution in [3.05, 3.63) is 0 Å². The minimum Gasteiger partial charge on any atom is -0.335 e. The lowest BCUT2D eigenvalue weighted by atomic mass is 9.95. The van der Waals surface area contributed by atoms with E-state index in [1.807, 2.05) is 0 Å². The van der Waals surface area contributed by atoms with E-state index in [4.69, 9.17) is 5.73 Å². The summed E-state index contributed by atoms with van der Waals surface area (Å²) in [5, 5.41) is 0. The van der Waals surface area contributed by atoms with Crippen LogP contribution in [0.2, 0.25) is 0 Å². The van der Waals surface area contributed by atoms with Crippen molar-refractivity contribution in [3.63, 3.8) is 0 Å². The molecule has 5 nitrogen and oxygen atoms in total. The number of carbonyl (C=O) groups excluding carboxylic acids is 2. The van der Waals surface area contributed by atoms with E-state index in [9.17, 15) is 9.59 Å². The number of hydrogen-bond acceptors (Lipinski definition) is 3. The summed E-state index contributed by atoms with van der Waals surface area (Å²) in [5.41, 5.74) is 5.79. The van der Waals surface area contributed by atoms with Gasteiger partial charge in [-0.05, 0) is 12.8 Å². The number of nitrogens with two attached hydrogens (primary N) is 1. The highest BCUT2D eigenvalue weighted by molar-refractivity contribution is 5.94. The molecule has 2 aliphatic rings. The van der Waals surface area contributed by atoms with Crippen molar-refractivity contribution in [2.75, 3.05) is 20.1 Å². The van der Waals surface area contributed by atoms with Crippen LogP contribution in [0.5, 0.6) is 0 Å². The van der Waals surface area contributed by atoms with Crippen LogP contribution in [0.4, 0.5) is 0 Å². The lowest BCUT2D eigenvalue weighted by Crippen LogP contribution is -2.62. The third-order valence-corrected chi connectivity index (χ3v) is 3.00. The molecular formula is C9H15N3O2. The first kappa shape index (κ1) is 9.45. The van der Waals surface area contributed by atoms with Gasteiger partial charge in [0.2, 0.25) is 11.8 Å². The van der Waals surface area contributed by atoms with Crippen molar-refractivity contribution in [1.82, 2.24) is 9.80 Å². The maximum atomic E-state index is 11.7. The Hall–Kier alpha value is -1.10. The topological polar surface area (TPSA) is 66.6 Å². The van der Waals surface area contributed by atoms with Crippen LogP contribution < -0.4 is 5.73 Å². The normalized spacial score (nSPS) is 33.3. The highest BCUT2D eigenvalue weighted by Gasteiger charge is 2.40. The number of piperidine rings is 1. The highest BCUT2D eigenvalue weighted by atomic mass is 16.2. The van der Waals surface area contributed by atoms with E-state index in [1.165, 1.54) is 4.90 Å². The molecule has 2 fully saturated rings. The minimum atomic E-state index is -0.301. The fraction of sp³-hybridized carbons (Fsp3) is 0.778. The summed E-state index contributed by atoms with van der Waals surface area (Å²) in [6, 6.07) is -0.246. The van der Waals surface area contributed by atoms with Crippen molar-refractivity contribution < 1.29 is 9.59 Å². The maximum absolute atomic E-state index is 11.7. The number of piperazine rings is 1. The van der Waals surface area contributed by atoms with Gasteiger partial charge >= 0.3 is 0 Å². The van der Waals surface area contributed by atoms with Gasteiger partial charge in [0.05, 0.1) is 6.54 Å². The standard InChI is InChI=1S/C9H15N3O2/c1-11-5-8(13)12-3-2-6(10)4-7(12)9(11)14/h6-7H,2-5,10H2,1H3. The van der Waals surface area contributed by atoms with Gasteiger partial charge in [0, 0.05) is 19.6 Å². The van der Waals surface area contributed by atoms with E-state index < -0.39 is 0 Å². The van der Waals surface area contributed by atoms with Gasteiger partial charge in [0.1, 0.15) is 6.04 Å². The van der Waals surface area contributed by atoms with Gasteiger partial charge in [-0.2, -0.15) is 0 Å². The molecule has 0 bridgehead atoms. The predicted molar refractivity (Wildman–Crippen MR) is 50.3 cm³/mol. The molecule has 2 N–H and O–H groups in total. The highest BCUT2D eigenvalue weighted by Crippen LogP contribution is 2.21. The van der Waals surface area contributed by atoms with Gasteiger partial charge < -0.3 is 15.5 Å². The summed E-state index contributed by atoms with van der Waals surface area (Å²) in [6.45, 7) is 0.842. The number of nitrogens with zero attached hydrogens (tertiary/aromatic N) is 2. The first-order valence-corrected chi connectivity index (χ1v) is 4.89. The summed E-state index contributed by atoms with van der Waals surface area (Å²) >= 11 is 0. The second-order valence-corrected chi connectivity index (χ2v) is 4.08. The van der Waals surface area contributed by atoms with Gasteiger partial charge in [-0.3, -0.25) is 9.59 Å². The van der Waals surface area contributed by atoms with Crippen LogP contribution in [0, 0.1) is 0 Å². The quantitative estimate of drug-likeness (QED) is 0.529. The van der Waals surface area contributed by atoms with Gasteiger partial charge in [0.25, 0.3) is 0 Å². The minimum absolute atomic E-state index is 0.0275. The van der Waals surface area contributed by atoms with Crippen molar-refractivity contribution in [3.8, 4) is 0 Å². The van der Waals surface area contributed by atoms with Crippen molar-refractivity contribution in [2.24, 2.45) is 5.73 Å². The van der Waals surface area contributed by atoms with Crippen LogP contribution in [0.25, 0.3) is 0 Å². The summed E-state index contributed by atoms with van der Waals surface area (Å²) in [6.07, 6.45) is 1.41. The predicted octanol–water partition coefficient (Wildman–Crippen LogP) is -1.22. The molecule has 2 rings (SSSR count).